The van der Waals surface area contributed by atoms with Gasteiger partial charge in [-0.1, -0.05) is 42.2 Å². The van der Waals surface area contributed by atoms with Crippen molar-refractivity contribution < 1.29 is 33.4 Å². The van der Waals surface area contributed by atoms with Crippen LogP contribution in [-0.4, -0.2) is 68.7 Å². The van der Waals surface area contributed by atoms with Crippen LogP contribution in [0.5, 0.6) is 11.5 Å². The quantitative estimate of drug-likeness (QED) is 0.546. The number of hydrogen-bond donors (Lipinski definition) is 1. The normalized spacial score (nSPS) is 20.1. The molecule has 34 heavy (non-hydrogen) atoms. The monoisotopic (exact) mass is 504 g/mol. The summed E-state index contributed by atoms with van der Waals surface area (Å²) in [6.45, 7) is -0.135. The molecule has 2 heterocycles. The van der Waals surface area contributed by atoms with E-state index < -0.39 is 29.5 Å². The van der Waals surface area contributed by atoms with Gasteiger partial charge in [0.1, 0.15) is 23.2 Å². The van der Waals surface area contributed by atoms with Gasteiger partial charge in [-0.05, 0) is 48.2 Å². The first kappa shape index (κ1) is 24.0. The predicted octanol–water partition coefficient (Wildman–Crippen LogP) is 3.47. The first-order valence-electron chi connectivity index (χ1n) is 10.4. The van der Waals surface area contributed by atoms with Crippen molar-refractivity contribution >= 4 is 46.3 Å². The highest BCUT2D eigenvalue weighted by Gasteiger charge is 2.38. The summed E-state index contributed by atoms with van der Waals surface area (Å²) < 4.78 is 25.6. The molecule has 2 aliphatic heterocycles. The zero-order valence-electron chi connectivity index (χ0n) is 18.1. The van der Waals surface area contributed by atoms with E-state index in [4.69, 9.17) is 26.8 Å². The highest BCUT2D eigenvalue weighted by Crippen LogP contribution is 2.32. The van der Waals surface area contributed by atoms with Crippen LogP contribution < -0.4 is 4.74 Å². The Hall–Kier alpha value is -3.18. The molecule has 4 rings (SSSR count). The maximum atomic E-state index is 14.7. The summed E-state index contributed by atoms with van der Waals surface area (Å²) in [4.78, 5) is 37.4. The molecule has 11 heteroatoms. The molecule has 2 amide bonds. The number of carboxylic acids is 1. The van der Waals surface area contributed by atoms with Crippen LogP contribution in [0.4, 0.5) is 9.18 Å². The van der Waals surface area contributed by atoms with Gasteiger partial charge in [-0.25, -0.2) is 9.18 Å². The number of halogens is 1. The van der Waals surface area contributed by atoms with Crippen LogP contribution in [0.15, 0.2) is 42.5 Å². The van der Waals surface area contributed by atoms with Gasteiger partial charge in [0.25, 0.3) is 0 Å². The molecule has 0 spiro atoms. The van der Waals surface area contributed by atoms with Crippen molar-refractivity contribution in [2.75, 3.05) is 20.2 Å². The number of amides is 2. The van der Waals surface area contributed by atoms with E-state index in [9.17, 15) is 18.8 Å². The third-order valence-corrected chi connectivity index (χ3v) is 7.16. The van der Waals surface area contributed by atoms with Crippen LogP contribution in [0.25, 0.3) is 0 Å². The fraction of sp³-hybridized carbons (Fsp3) is 0.304. The molecule has 0 bridgehead atoms. The summed E-state index contributed by atoms with van der Waals surface area (Å²) in [6.07, 6.45) is 0.518. The maximum absolute atomic E-state index is 14.7. The molecule has 0 aliphatic carbocycles. The number of nitrogens with zero attached hydrogens (tertiary/aromatic N) is 2. The number of thioether (sulfide) groups is 1. The number of carbonyl (C=O) groups excluding carboxylic acids is 2. The number of carboxylic acid groups (broad SMARTS) is 1. The van der Waals surface area contributed by atoms with Crippen molar-refractivity contribution in [3.63, 3.8) is 0 Å². The van der Waals surface area contributed by atoms with Crippen LogP contribution in [0.2, 0.25) is 0 Å². The Morgan fingerprint density at radius 1 is 1.21 bits per heavy atom. The zero-order chi connectivity index (χ0) is 24.4. The molecule has 2 aromatic rings. The summed E-state index contributed by atoms with van der Waals surface area (Å²) >= 11 is 6.20. The van der Waals surface area contributed by atoms with E-state index >= 15 is 0 Å². The summed E-state index contributed by atoms with van der Waals surface area (Å²) in [7, 11) is 1.70. The van der Waals surface area contributed by atoms with Crippen molar-refractivity contribution in [2.45, 2.75) is 24.1 Å². The number of carbonyl (C=O) groups is 3. The Bertz CT molecular complexity index is 1140. The first-order chi connectivity index (χ1) is 16.2. The van der Waals surface area contributed by atoms with E-state index in [0.717, 1.165) is 22.2 Å². The van der Waals surface area contributed by atoms with Gasteiger partial charge < -0.3 is 19.5 Å². The van der Waals surface area contributed by atoms with Gasteiger partial charge in [0, 0.05) is 7.05 Å². The molecule has 2 saturated heterocycles. The zero-order valence-corrected chi connectivity index (χ0v) is 19.7. The van der Waals surface area contributed by atoms with Crippen LogP contribution >= 0.6 is 24.0 Å². The fourth-order valence-electron chi connectivity index (χ4n) is 3.69. The molecule has 2 fully saturated rings. The molecule has 178 valence electrons. The molecule has 2 unspecified atom stereocenters. The molecular weight excluding hydrogens is 483 g/mol. The topological polar surface area (TPSA) is 96.4 Å². The molecule has 0 saturated carbocycles. The molecule has 2 atom stereocenters. The number of likely N-dealkylation sites (N-methyl/N-ethyl adjacent to an activating group) is 1. The number of aliphatic carboxylic acids is 1. The maximum Gasteiger partial charge on any atom is 0.409 e. The number of hydrogen-bond acceptors (Lipinski definition) is 7. The van der Waals surface area contributed by atoms with Gasteiger partial charge in [-0.3, -0.25) is 14.5 Å². The highest BCUT2D eigenvalue weighted by molar-refractivity contribution is 8.24. The second-order valence-electron chi connectivity index (χ2n) is 7.95. The van der Waals surface area contributed by atoms with Crippen LogP contribution in [-0.2, 0) is 27.2 Å². The molecule has 2 aromatic carbocycles. The minimum Gasteiger partial charge on any atom is -0.480 e. The third kappa shape index (κ3) is 5.31. The summed E-state index contributed by atoms with van der Waals surface area (Å²) in [5.41, 5.74) is 1.57. The second-order valence-corrected chi connectivity index (χ2v) is 9.79. The van der Waals surface area contributed by atoms with Gasteiger partial charge in [-0.2, -0.15) is 0 Å². The largest absolute Gasteiger partial charge is 0.480 e. The highest BCUT2D eigenvalue weighted by atomic mass is 32.2. The van der Waals surface area contributed by atoms with E-state index in [1.54, 1.807) is 30.1 Å². The Morgan fingerprint density at radius 2 is 1.91 bits per heavy atom. The van der Waals surface area contributed by atoms with Crippen LogP contribution in [0, 0.1) is 5.82 Å². The van der Waals surface area contributed by atoms with E-state index in [1.807, 2.05) is 12.1 Å². The average molecular weight is 505 g/mol. The van der Waals surface area contributed by atoms with Gasteiger partial charge in [0.05, 0.1) is 11.3 Å². The molecule has 2 aliphatic rings. The average Bonchev–Trinajstić information content (AvgIpc) is 3.24. The molecule has 1 N–H and O–H groups in total. The van der Waals surface area contributed by atoms with Crippen molar-refractivity contribution in [3.8, 4) is 11.5 Å². The van der Waals surface area contributed by atoms with Crippen molar-refractivity contribution in [2.24, 2.45) is 0 Å². The first-order valence-corrected chi connectivity index (χ1v) is 11.7. The second kappa shape index (κ2) is 9.98. The lowest BCUT2D eigenvalue weighted by Crippen LogP contribution is -2.36. The lowest BCUT2D eigenvalue weighted by atomic mass is 10.1. The Morgan fingerprint density at radius 3 is 2.53 bits per heavy atom. The summed E-state index contributed by atoms with van der Waals surface area (Å²) in [6, 6.07) is 11.6. The SMILES string of the molecule is CN1C(=O)OCC1Cc1ccc(Oc2ccc(CC3SC(=S)N(CC(=O)O)C3=O)cc2F)cc1. The number of ether oxygens (including phenoxy) is 2. The lowest BCUT2D eigenvalue weighted by Gasteiger charge is -2.16. The van der Waals surface area contributed by atoms with Crippen molar-refractivity contribution in [1.82, 2.24) is 9.80 Å². The fourth-order valence-corrected chi connectivity index (χ4v) is 5.23. The predicted molar refractivity (Wildman–Crippen MR) is 127 cm³/mol. The van der Waals surface area contributed by atoms with E-state index in [-0.39, 0.29) is 28.6 Å². The standard InChI is InChI=1S/C23H21FN2O6S2/c1-25-15(12-31-22(25)30)8-13-2-5-16(6-3-13)32-18-7-4-14(9-17(18)24)10-19-21(29)26(11-20(27)28)23(33)34-19/h2-7,9,15,19H,8,10-12H2,1H3,(H,27,28). The van der Waals surface area contributed by atoms with Gasteiger partial charge in [0.15, 0.2) is 11.6 Å². The van der Waals surface area contributed by atoms with Crippen molar-refractivity contribution in [3.05, 3.63) is 59.4 Å². The molecule has 8 nitrogen and oxygen atoms in total. The number of benzene rings is 2. The Labute approximate surface area is 204 Å². The van der Waals surface area contributed by atoms with E-state index in [1.165, 1.54) is 12.1 Å². The van der Waals surface area contributed by atoms with Gasteiger partial charge >= 0.3 is 12.1 Å². The van der Waals surface area contributed by atoms with E-state index in [0.29, 0.717) is 24.3 Å². The molecule has 0 radical (unpaired) electrons. The van der Waals surface area contributed by atoms with Gasteiger partial charge in [0.2, 0.25) is 5.91 Å². The molecular formula is C23H21FN2O6S2. The Kier molecular flexibility index (Phi) is 7.03. The van der Waals surface area contributed by atoms with E-state index in [2.05, 4.69) is 0 Å². The minimum absolute atomic E-state index is 0.0280. The van der Waals surface area contributed by atoms with Crippen LogP contribution in [0.1, 0.15) is 11.1 Å². The smallest absolute Gasteiger partial charge is 0.409 e. The minimum atomic E-state index is -1.15. The summed E-state index contributed by atoms with van der Waals surface area (Å²) in [5, 5.41) is 8.33. The number of cyclic esters (lactones) is 1. The summed E-state index contributed by atoms with van der Waals surface area (Å²) in [5.74, 6) is -1.62. The van der Waals surface area contributed by atoms with Gasteiger partial charge in [-0.15, -0.1) is 0 Å². The third-order valence-electron chi connectivity index (χ3n) is 5.57. The van der Waals surface area contributed by atoms with Crippen molar-refractivity contribution in [1.29, 1.82) is 0 Å². The Balaban J connectivity index is 1.36. The number of thiocarbonyl (C=S) groups is 1. The lowest BCUT2D eigenvalue weighted by molar-refractivity contribution is -0.141. The number of rotatable bonds is 8. The van der Waals surface area contributed by atoms with Crippen LogP contribution in [0.3, 0.4) is 0 Å². The molecule has 0 aromatic heterocycles.